The quantitative estimate of drug-likeness (QED) is 0.360. The average molecular weight is 544 g/mol. The minimum absolute atomic E-state index is 0.00194. The zero-order valence-corrected chi connectivity index (χ0v) is 24.5. The van der Waals surface area contributed by atoms with E-state index in [-0.39, 0.29) is 23.8 Å². The van der Waals surface area contributed by atoms with E-state index in [9.17, 15) is 9.59 Å². The van der Waals surface area contributed by atoms with E-state index in [2.05, 4.69) is 31.0 Å². The van der Waals surface area contributed by atoms with Gasteiger partial charge in [0, 0.05) is 70.6 Å². The van der Waals surface area contributed by atoms with Gasteiger partial charge in [0.2, 0.25) is 5.91 Å². The molecule has 0 bridgehead atoms. The van der Waals surface area contributed by atoms with E-state index in [0.29, 0.717) is 49.8 Å². The van der Waals surface area contributed by atoms with Gasteiger partial charge in [-0.1, -0.05) is 13.0 Å². The van der Waals surface area contributed by atoms with Crippen molar-refractivity contribution in [2.45, 2.75) is 71.4 Å². The van der Waals surface area contributed by atoms with Crippen LogP contribution >= 0.6 is 0 Å². The Labute approximate surface area is 234 Å². The van der Waals surface area contributed by atoms with Gasteiger partial charge in [-0.05, 0) is 75.5 Å². The van der Waals surface area contributed by atoms with E-state index < -0.39 is 0 Å². The van der Waals surface area contributed by atoms with Gasteiger partial charge in [0.15, 0.2) is 0 Å². The number of carbonyl (C=O) groups is 2. The number of methoxy groups -OCH3 is 1. The van der Waals surface area contributed by atoms with Gasteiger partial charge in [-0.3, -0.25) is 9.59 Å². The fraction of sp³-hybridized carbons (Fsp3) is 0.742. The standard InChI is InChI=1S/C31H49N3O5/c1-5-23-9-10-24(16-29(23)39-15-7-13-37-4)30(35)33(22(2)3)19-26-17-32-18-27(26)20-34(28-11-12-28)31(36)25-8-6-14-38-21-25/h9-10,16,22,25-28,32H,5-8,11-15,17-21H2,1-4H3/t25-,26+,27+/m1/s1. The summed E-state index contributed by atoms with van der Waals surface area (Å²) >= 11 is 0. The molecule has 2 aliphatic heterocycles. The summed E-state index contributed by atoms with van der Waals surface area (Å²) in [5, 5.41) is 3.56. The van der Waals surface area contributed by atoms with Gasteiger partial charge in [0.1, 0.15) is 5.75 Å². The Morgan fingerprint density at radius 3 is 2.51 bits per heavy atom. The first-order valence-corrected chi connectivity index (χ1v) is 15.1. The number of aryl methyl sites for hydroxylation is 1. The zero-order chi connectivity index (χ0) is 27.8. The fourth-order valence-electron chi connectivity index (χ4n) is 5.89. The molecule has 2 heterocycles. The Balaban J connectivity index is 1.43. The highest BCUT2D eigenvalue weighted by atomic mass is 16.5. The van der Waals surface area contributed by atoms with Crippen molar-refractivity contribution in [3.8, 4) is 5.75 Å². The van der Waals surface area contributed by atoms with Crippen LogP contribution in [0.25, 0.3) is 0 Å². The number of ether oxygens (including phenoxy) is 3. The molecule has 8 heteroatoms. The summed E-state index contributed by atoms with van der Waals surface area (Å²) < 4.78 is 16.8. The van der Waals surface area contributed by atoms with Crippen LogP contribution in [-0.4, -0.2) is 93.4 Å². The van der Waals surface area contributed by atoms with Crippen molar-refractivity contribution >= 4 is 11.8 Å². The van der Waals surface area contributed by atoms with E-state index >= 15 is 0 Å². The van der Waals surface area contributed by atoms with Gasteiger partial charge in [0.05, 0.1) is 19.1 Å². The number of hydrogen-bond donors (Lipinski definition) is 1. The molecule has 0 aromatic heterocycles. The Hall–Kier alpha value is -2.16. The van der Waals surface area contributed by atoms with Crippen LogP contribution in [0.3, 0.4) is 0 Å². The van der Waals surface area contributed by atoms with Gasteiger partial charge >= 0.3 is 0 Å². The summed E-state index contributed by atoms with van der Waals surface area (Å²) in [5.41, 5.74) is 1.77. The highest BCUT2D eigenvalue weighted by molar-refractivity contribution is 5.95. The molecule has 39 heavy (non-hydrogen) atoms. The first kappa shape index (κ1) is 29.8. The molecule has 1 saturated carbocycles. The van der Waals surface area contributed by atoms with Gasteiger partial charge in [-0.15, -0.1) is 0 Å². The molecule has 1 N–H and O–H groups in total. The molecule has 1 aliphatic carbocycles. The normalized spacial score (nSPS) is 23.2. The summed E-state index contributed by atoms with van der Waals surface area (Å²) in [6.45, 7) is 12.0. The Bertz CT molecular complexity index is 944. The monoisotopic (exact) mass is 543 g/mol. The second-order valence-corrected chi connectivity index (χ2v) is 11.7. The Morgan fingerprint density at radius 2 is 1.87 bits per heavy atom. The van der Waals surface area contributed by atoms with Crippen molar-refractivity contribution in [1.29, 1.82) is 0 Å². The van der Waals surface area contributed by atoms with Crippen LogP contribution in [0, 0.1) is 17.8 Å². The molecule has 1 aromatic rings. The maximum Gasteiger partial charge on any atom is 0.254 e. The molecule has 2 saturated heterocycles. The van der Waals surface area contributed by atoms with E-state index in [1.54, 1.807) is 7.11 Å². The molecule has 4 rings (SSSR count). The number of hydrogen-bond acceptors (Lipinski definition) is 6. The number of rotatable bonds is 14. The maximum absolute atomic E-state index is 13.8. The van der Waals surface area contributed by atoms with E-state index in [4.69, 9.17) is 14.2 Å². The lowest BCUT2D eigenvalue weighted by Crippen LogP contribution is -2.46. The molecule has 3 aliphatic rings. The van der Waals surface area contributed by atoms with Gasteiger partial charge in [0.25, 0.3) is 5.91 Å². The second kappa shape index (κ2) is 14.5. The number of nitrogens with zero attached hydrogens (tertiary/aromatic N) is 2. The Morgan fingerprint density at radius 1 is 1.10 bits per heavy atom. The van der Waals surface area contributed by atoms with Crippen LogP contribution in [0.2, 0.25) is 0 Å². The molecule has 3 atom stereocenters. The Kier molecular flexibility index (Phi) is 11.1. The van der Waals surface area contributed by atoms with Gasteiger partial charge in [-0.25, -0.2) is 0 Å². The summed E-state index contributed by atoms with van der Waals surface area (Å²) in [6.07, 6.45) is 5.75. The molecular weight excluding hydrogens is 494 g/mol. The first-order valence-electron chi connectivity index (χ1n) is 15.1. The van der Waals surface area contributed by atoms with Crippen LogP contribution in [0.1, 0.15) is 68.8 Å². The van der Waals surface area contributed by atoms with Crippen molar-refractivity contribution in [3.05, 3.63) is 29.3 Å². The number of amides is 2. The number of nitrogens with one attached hydrogen (secondary N) is 1. The molecule has 0 radical (unpaired) electrons. The van der Waals surface area contributed by atoms with Crippen LogP contribution in [-0.2, 0) is 20.7 Å². The lowest BCUT2D eigenvalue weighted by Gasteiger charge is -2.35. The van der Waals surface area contributed by atoms with Crippen LogP contribution in [0.5, 0.6) is 5.75 Å². The fourth-order valence-corrected chi connectivity index (χ4v) is 5.89. The minimum atomic E-state index is -0.00194. The van der Waals surface area contributed by atoms with E-state index in [0.717, 1.165) is 76.1 Å². The van der Waals surface area contributed by atoms with Gasteiger partial charge in [-0.2, -0.15) is 0 Å². The molecule has 218 valence electrons. The molecule has 0 unspecified atom stereocenters. The molecule has 2 amide bonds. The highest BCUT2D eigenvalue weighted by Crippen LogP contribution is 2.33. The predicted molar refractivity (Wildman–Crippen MR) is 152 cm³/mol. The minimum Gasteiger partial charge on any atom is -0.493 e. The third-order valence-electron chi connectivity index (χ3n) is 8.45. The predicted octanol–water partition coefficient (Wildman–Crippen LogP) is 3.77. The molecular formula is C31H49N3O5. The zero-order valence-electron chi connectivity index (χ0n) is 24.5. The van der Waals surface area contributed by atoms with Crippen molar-refractivity contribution in [1.82, 2.24) is 15.1 Å². The van der Waals surface area contributed by atoms with Crippen LogP contribution < -0.4 is 10.1 Å². The molecule has 0 spiro atoms. The third kappa shape index (κ3) is 7.95. The van der Waals surface area contributed by atoms with Crippen molar-refractivity contribution in [2.24, 2.45) is 17.8 Å². The molecule has 8 nitrogen and oxygen atoms in total. The van der Waals surface area contributed by atoms with Crippen LogP contribution in [0.4, 0.5) is 0 Å². The summed E-state index contributed by atoms with van der Waals surface area (Å²) in [7, 11) is 1.69. The number of carbonyl (C=O) groups excluding carboxylic acids is 2. The smallest absolute Gasteiger partial charge is 0.254 e. The van der Waals surface area contributed by atoms with Crippen molar-refractivity contribution in [3.63, 3.8) is 0 Å². The van der Waals surface area contributed by atoms with Crippen molar-refractivity contribution in [2.75, 3.05) is 59.7 Å². The van der Waals surface area contributed by atoms with Gasteiger partial charge < -0.3 is 29.3 Å². The highest BCUT2D eigenvalue weighted by Gasteiger charge is 2.40. The van der Waals surface area contributed by atoms with Crippen molar-refractivity contribution < 1.29 is 23.8 Å². The first-order chi connectivity index (χ1) is 18.9. The third-order valence-corrected chi connectivity index (χ3v) is 8.45. The summed E-state index contributed by atoms with van der Waals surface area (Å²) in [5.74, 6) is 1.72. The SMILES string of the molecule is CCc1ccc(C(=O)N(C[C@@H]2CNC[C@H]2CN(C(=O)[C@@H]2CCCOC2)C2CC2)C(C)C)cc1OCCCOC. The molecule has 1 aromatic carbocycles. The maximum atomic E-state index is 13.8. The second-order valence-electron chi connectivity index (χ2n) is 11.7. The number of benzene rings is 1. The van der Waals surface area contributed by atoms with Crippen LogP contribution in [0.15, 0.2) is 18.2 Å². The largest absolute Gasteiger partial charge is 0.493 e. The van der Waals surface area contributed by atoms with E-state index in [1.165, 1.54) is 0 Å². The lowest BCUT2D eigenvalue weighted by atomic mass is 9.92. The van der Waals surface area contributed by atoms with E-state index in [1.807, 2.05) is 23.1 Å². The summed E-state index contributed by atoms with van der Waals surface area (Å²) in [6, 6.07) is 6.31. The average Bonchev–Trinajstić information content (AvgIpc) is 3.70. The lowest BCUT2D eigenvalue weighted by molar-refractivity contribution is -0.141. The molecule has 3 fully saturated rings. The topological polar surface area (TPSA) is 80.3 Å². The summed E-state index contributed by atoms with van der Waals surface area (Å²) in [4.78, 5) is 31.4.